The van der Waals surface area contributed by atoms with Gasteiger partial charge in [-0.2, -0.15) is 0 Å². The van der Waals surface area contributed by atoms with Crippen LogP contribution in [0, 0.1) is 0 Å². The summed E-state index contributed by atoms with van der Waals surface area (Å²) in [7, 11) is 0. The van der Waals surface area contributed by atoms with E-state index >= 15 is 0 Å². The van der Waals surface area contributed by atoms with Crippen molar-refractivity contribution in [1.29, 1.82) is 0 Å². The van der Waals surface area contributed by atoms with Crippen LogP contribution in [-0.2, 0) is 0 Å². The summed E-state index contributed by atoms with van der Waals surface area (Å²) >= 11 is 1.89. The van der Waals surface area contributed by atoms with Gasteiger partial charge in [0.1, 0.15) is 0 Å². The van der Waals surface area contributed by atoms with E-state index in [-0.39, 0.29) is 0 Å². The first-order valence-corrected chi connectivity index (χ1v) is 51.5. The fourth-order valence-electron chi connectivity index (χ4n) is 25.6. The van der Waals surface area contributed by atoms with Gasteiger partial charge in [-0.25, -0.2) is 0 Å². The third kappa shape index (κ3) is 11.7. The molecule has 4 aromatic heterocycles. The molecule has 28 aromatic rings. The molecule has 11 heteroatoms. The Morgan fingerprint density at radius 2 is 0.453 bits per heavy atom. The highest BCUT2D eigenvalue weighted by Gasteiger charge is 2.35. The molecule has 0 unspecified atom stereocenters. The van der Waals surface area contributed by atoms with E-state index in [0.29, 0.717) is 0 Å². The number of para-hydroxylation sites is 9. The van der Waals surface area contributed by atoms with Crippen LogP contribution in [-0.4, -0.2) is 41.5 Å². The number of rotatable bonds is 11. The summed E-state index contributed by atoms with van der Waals surface area (Å²) in [6, 6.07) is 182. The maximum Gasteiger partial charge on any atom is 0.0640 e. The van der Waals surface area contributed by atoms with Crippen molar-refractivity contribution >= 4 is 223 Å². The zero-order valence-corrected chi connectivity index (χ0v) is 80.7. The average Bonchev–Trinajstić information content (AvgIpc) is 0.956. The van der Waals surface area contributed by atoms with Gasteiger partial charge in [0, 0.05) is 171 Å². The van der Waals surface area contributed by atoms with Crippen LogP contribution in [0.5, 0.6) is 0 Å². The van der Waals surface area contributed by atoms with Crippen molar-refractivity contribution in [2.75, 3.05) is 4.90 Å². The molecule has 24 aromatic carbocycles. The molecule has 0 radical (unpaired) electrons. The number of aromatic nitrogens is 9. The van der Waals surface area contributed by atoms with E-state index in [1.54, 1.807) is 0 Å². The Bertz CT molecular complexity index is 11100. The van der Waals surface area contributed by atoms with E-state index in [0.717, 1.165) is 45.5 Å². The lowest BCUT2D eigenvalue weighted by molar-refractivity contribution is 1.13. The molecule has 6 aliphatic rings. The minimum atomic E-state index is 1.12. The number of nitrogens with zero attached hydrogens (tertiary/aromatic N) is 10. The van der Waals surface area contributed by atoms with Gasteiger partial charge in [0.05, 0.1) is 110 Å². The minimum Gasteiger partial charge on any atom is -0.311 e. The second-order valence-electron chi connectivity index (χ2n) is 39.1. The Labute approximate surface area is 851 Å². The lowest BCUT2D eigenvalue weighted by Gasteiger charge is -2.30. The molecule has 688 valence electrons. The van der Waals surface area contributed by atoms with Gasteiger partial charge in [-0.3, -0.25) is 4.98 Å². The van der Waals surface area contributed by atoms with Crippen LogP contribution in [0.3, 0.4) is 0 Å². The third-order valence-corrected chi connectivity index (χ3v) is 32.7. The number of pyridine rings is 7. The summed E-state index contributed by atoms with van der Waals surface area (Å²) in [6.07, 6.45) is 3.76. The highest BCUT2D eigenvalue weighted by Crippen LogP contribution is 2.57. The van der Waals surface area contributed by atoms with Crippen molar-refractivity contribution < 1.29 is 0 Å². The van der Waals surface area contributed by atoms with Crippen LogP contribution in [0.1, 0.15) is 0 Å². The van der Waals surface area contributed by atoms with Crippen molar-refractivity contribution in [1.82, 2.24) is 41.5 Å². The van der Waals surface area contributed by atoms with Gasteiger partial charge in [-0.15, -0.1) is 11.3 Å². The second-order valence-corrected chi connectivity index (χ2v) is 40.1. The summed E-state index contributed by atoms with van der Waals surface area (Å²) in [5.74, 6) is 0. The van der Waals surface area contributed by atoms with Gasteiger partial charge in [-0.05, 0) is 234 Å². The molecule has 10 nitrogen and oxygen atoms in total. The first-order chi connectivity index (χ1) is 73.5. The number of anilines is 3. The average molecular weight is 1900 g/mol. The molecule has 0 N–H and O–H groups in total. The van der Waals surface area contributed by atoms with Crippen LogP contribution in [0.2, 0.25) is 0 Å². The van der Waals surface area contributed by atoms with Crippen LogP contribution < -0.4 is 4.90 Å². The second kappa shape index (κ2) is 32.0. The van der Waals surface area contributed by atoms with Crippen LogP contribution >= 0.6 is 11.3 Å². The van der Waals surface area contributed by atoms with Gasteiger partial charge in [0.25, 0.3) is 0 Å². The van der Waals surface area contributed by atoms with E-state index in [1.165, 1.54) is 245 Å². The van der Waals surface area contributed by atoms with Crippen LogP contribution in [0.4, 0.5) is 17.1 Å². The van der Waals surface area contributed by atoms with E-state index in [2.05, 4.69) is 544 Å². The molecule has 148 heavy (non-hydrogen) atoms. The molecular weight excluding hydrogens is 1820 g/mol. The molecular formula is C137H84N10S. The SMILES string of the molecule is c1ccc(-n2c3ccc4c(-n5c6ccccc6c6ccccc65)ccc5c4c3-c3c4c(cccc42)c(-n2c4ccccc4c4ccccc42)cc3n5-c2ccccc2)cc1.c1ccc(N(c2ccccc2)c2ccc(-n3c4ccc5cccc6c5c4-c4c5c(cccc53)ccc4n6-c3ccccc3)cc2)cc1.c1ccc2c(c1)sc1c(-n3c4ccc5cccc6c5c4-c4c5c(cccc53)ccc4n6-c3ccncc3)cccc12. The van der Waals surface area contributed by atoms with E-state index in [9.17, 15) is 0 Å². The first-order valence-electron chi connectivity index (χ1n) is 50.7. The normalized spacial score (nSPS) is 12.2. The van der Waals surface area contributed by atoms with Crippen LogP contribution in [0.25, 0.3) is 273 Å². The summed E-state index contributed by atoms with van der Waals surface area (Å²) < 4.78 is 22.5. The van der Waals surface area contributed by atoms with Gasteiger partial charge in [0.15, 0.2) is 0 Å². The Morgan fingerprint density at radius 1 is 0.162 bits per heavy atom. The largest absolute Gasteiger partial charge is 0.311 e. The standard InChI is InChI=1S/C56H34N4.C44H29N3.C37H21N3S/c1-3-16-35(17-4-1)57-48-29-15-24-41-51(60-45-27-13-9-22-39(45)40-23-10-14-28-46(40)60)34-52-56(53(41)48)55-50(57)31-30-42-47(32-33-49(54(42)55)58(52)36-18-5-2-6-19-36)59-43-25-11-7-20-37(43)38-21-8-12-26-44(38)59;1-4-14-32(15-5-1)45(33-16-6-2-7-17-33)35-24-26-36(27-25-35)47-38-21-11-13-31-22-28-39-43(42(31)38)44-40(47)29-23-30-12-10-20-37(41(30)44)46(39)34-18-8-3-9-19-34;1-2-13-32-25(8-1)26-9-5-12-31(37(26)41-32)40-28-11-4-7-23-14-16-29-35(34(23)28)36-30(40)17-15-22-6-3-10-27(33(22)36)39(29)24-18-20-38-21-19-24/h1-34H;1-29H;1-21H. The topological polar surface area (TPSA) is 55.6 Å². The third-order valence-electron chi connectivity index (χ3n) is 31.5. The Morgan fingerprint density at radius 3 is 0.912 bits per heavy atom. The van der Waals surface area contributed by atoms with Crippen molar-refractivity contribution in [2.24, 2.45) is 0 Å². The fourth-order valence-corrected chi connectivity index (χ4v) is 26.8. The number of benzene rings is 24. The molecule has 6 aliphatic heterocycles. The van der Waals surface area contributed by atoms with E-state index in [4.69, 9.17) is 0 Å². The molecule has 0 saturated heterocycles. The smallest absolute Gasteiger partial charge is 0.0640 e. The summed E-state index contributed by atoms with van der Waals surface area (Å²) in [5, 5.41) is 22.8. The number of hydrogen-bond donors (Lipinski definition) is 0. The lowest BCUT2D eigenvalue weighted by Crippen LogP contribution is -2.12. The van der Waals surface area contributed by atoms with Gasteiger partial charge >= 0.3 is 0 Å². The zero-order chi connectivity index (χ0) is 96.6. The molecule has 0 saturated carbocycles. The van der Waals surface area contributed by atoms with Gasteiger partial charge in [-0.1, -0.05) is 285 Å². The maximum atomic E-state index is 4.31. The van der Waals surface area contributed by atoms with E-state index < -0.39 is 0 Å². The lowest BCUT2D eigenvalue weighted by atomic mass is 9.86. The summed E-state index contributed by atoms with van der Waals surface area (Å²) in [6.45, 7) is 0. The van der Waals surface area contributed by atoms with Crippen molar-refractivity contribution in [3.8, 4) is 78.9 Å². The van der Waals surface area contributed by atoms with Gasteiger partial charge in [0.2, 0.25) is 0 Å². The van der Waals surface area contributed by atoms with Crippen molar-refractivity contribution in [3.05, 3.63) is 510 Å². The zero-order valence-electron chi connectivity index (χ0n) is 79.9. The fraction of sp³-hybridized carbons (Fsp3) is 0. The Kier molecular flexibility index (Phi) is 17.7. The monoisotopic (exact) mass is 1900 g/mol. The van der Waals surface area contributed by atoms with Crippen molar-refractivity contribution in [2.45, 2.75) is 0 Å². The van der Waals surface area contributed by atoms with E-state index in [1.807, 2.05) is 23.7 Å². The molecule has 10 heterocycles. The number of thiophene rings is 1. The first kappa shape index (κ1) is 82.0. The number of fused-ring (bicyclic) bond motifs is 9. The minimum absolute atomic E-state index is 1.12. The molecule has 0 bridgehead atoms. The molecule has 34 rings (SSSR count). The Balaban J connectivity index is 0.000000100. The molecule has 0 spiro atoms. The molecule has 0 aliphatic carbocycles. The molecule has 0 atom stereocenters. The van der Waals surface area contributed by atoms with Gasteiger partial charge < -0.3 is 41.4 Å². The maximum absolute atomic E-state index is 4.31. The summed E-state index contributed by atoms with van der Waals surface area (Å²) in [5.41, 5.74) is 39.7. The highest BCUT2D eigenvalue weighted by atomic mass is 32.1. The predicted molar refractivity (Wildman–Crippen MR) is 623 cm³/mol. The molecule has 0 fully saturated rings. The number of hydrogen-bond acceptors (Lipinski definition) is 3. The quantitative estimate of drug-likeness (QED) is 0.0957. The Hall–Kier alpha value is -19.6. The summed E-state index contributed by atoms with van der Waals surface area (Å²) in [4.78, 5) is 6.63. The van der Waals surface area contributed by atoms with Crippen molar-refractivity contribution in [3.63, 3.8) is 0 Å². The molecule has 0 amide bonds. The highest BCUT2D eigenvalue weighted by molar-refractivity contribution is 7.26. The predicted octanol–water partition coefficient (Wildman–Crippen LogP) is 36.7. The van der Waals surface area contributed by atoms with Crippen LogP contribution in [0.15, 0.2) is 510 Å².